The molecule has 3 atom stereocenters. The zero-order chi connectivity index (χ0) is 27.0. The molecule has 1 amide bonds. The molecule has 2 aromatic heterocycles. The van der Waals surface area contributed by atoms with E-state index in [1.165, 1.54) is 22.2 Å². The van der Waals surface area contributed by atoms with Crippen molar-refractivity contribution in [3.63, 3.8) is 0 Å². The lowest BCUT2D eigenvalue weighted by molar-refractivity contribution is -0.138. The fourth-order valence-corrected chi connectivity index (χ4v) is 6.11. The molecule has 6 nitrogen and oxygen atoms in total. The second-order valence-electron chi connectivity index (χ2n) is 11.0. The summed E-state index contributed by atoms with van der Waals surface area (Å²) in [6.45, 7) is 2.48. The van der Waals surface area contributed by atoms with Crippen LogP contribution in [-0.4, -0.2) is 38.0 Å². The number of halogens is 2. The number of aromatic nitrogens is 2. The summed E-state index contributed by atoms with van der Waals surface area (Å²) in [5.74, 6) is -2.92. The molecule has 3 aliphatic rings. The topological polar surface area (TPSA) is 74.9 Å². The Morgan fingerprint density at radius 3 is 2.56 bits per heavy atom. The van der Waals surface area contributed by atoms with E-state index in [4.69, 9.17) is 0 Å². The maximum absolute atomic E-state index is 16.0. The minimum absolute atomic E-state index is 0.0198. The van der Waals surface area contributed by atoms with Crippen LogP contribution in [0.4, 0.5) is 8.78 Å². The lowest BCUT2D eigenvalue weighted by Gasteiger charge is -2.35. The Morgan fingerprint density at radius 1 is 1.05 bits per heavy atom. The van der Waals surface area contributed by atoms with Crippen molar-refractivity contribution in [2.45, 2.75) is 50.5 Å². The van der Waals surface area contributed by atoms with E-state index >= 15 is 8.78 Å². The van der Waals surface area contributed by atoms with Gasteiger partial charge >= 0.3 is 5.97 Å². The predicted octanol–water partition coefficient (Wildman–Crippen LogP) is 6.10. The van der Waals surface area contributed by atoms with Crippen molar-refractivity contribution in [2.75, 3.05) is 6.54 Å². The van der Waals surface area contributed by atoms with Gasteiger partial charge in [0.15, 0.2) is 5.82 Å². The quantitative estimate of drug-likeness (QED) is 0.340. The number of fused-ring (bicyclic) bond motifs is 2. The van der Waals surface area contributed by atoms with Crippen LogP contribution in [0.25, 0.3) is 16.8 Å². The van der Waals surface area contributed by atoms with E-state index in [1.807, 2.05) is 25.1 Å². The molecule has 2 aromatic carbocycles. The third kappa shape index (κ3) is 3.92. The lowest BCUT2D eigenvalue weighted by Crippen LogP contribution is -2.39. The number of pyridine rings is 1. The molecule has 0 radical (unpaired) electrons. The highest BCUT2D eigenvalue weighted by molar-refractivity contribution is 5.96. The number of carboxylic acid groups (broad SMARTS) is 1. The Hall–Kier alpha value is -4.07. The number of nitrogens with zero attached hydrogens (tertiary/aromatic N) is 3. The molecule has 0 spiro atoms. The maximum Gasteiger partial charge on any atom is 0.307 e. The number of carbonyl (C=O) groups is 2. The molecule has 1 aliphatic heterocycles. The van der Waals surface area contributed by atoms with Gasteiger partial charge < -0.3 is 10.0 Å². The zero-order valence-corrected chi connectivity index (χ0v) is 21.4. The normalized spacial score (nSPS) is 22.1. The third-order valence-electron chi connectivity index (χ3n) is 8.59. The number of carbonyl (C=O) groups excluding carboxylic acids is 1. The van der Waals surface area contributed by atoms with E-state index < -0.39 is 23.5 Å². The van der Waals surface area contributed by atoms with E-state index in [2.05, 4.69) is 11.2 Å². The van der Waals surface area contributed by atoms with Crippen molar-refractivity contribution in [3.8, 4) is 11.3 Å². The molecule has 7 rings (SSSR count). The Bertz CT molecular complexity index is 1680. The molecule has 2 aliphatic carbocycles. The van der Waals surface area contributed by atoms with Gasteiger partial charge in [-0.05, 0) is 79.5 Å². The van der Waals surface area contributed by atoms with Gasteiger partial charge in [-0.15, -0.1) is 0 Å². The second-order valence-corrected chi connectivity index (χ2v) is 11.0. The fraction of sp³-hybridized carbons (Fsp3) is 0.323. The first-order valence-corrected chi connectivity index (χ1v) is 13.5. The summed E-state index contributed by atoms with van der Waals surface area (Å²) in [6, 6.07) is 15.6. The molecule has 2 saturated carbocycles. The van der Waals surface area contributed by atoms with Crippen LogP contribution >= 0.6 is 0 Å². The number of amides is 1. The van der Waals surface area contributed by atoms with Gasteiger partial charge in [0.1, 0.15) is 11.3 Å². The molecule has 1 unspecified atom stereocenters. The summed E-state index contributed by atoms with van der Waals surface area (Å²) in [5, 5.41) is 13.8. The number of carboxylic acids is 1. The summed E-state index contributed by atoms with van der Waals surface area (Å²) in [6.07, 6.45) is 3.06. The number of aliphatic carboxylic acids is 1. The molecular weight excluding hydrogens is 500 g/mol. The van der Waals surface area contributed by atoms with Gasteiger partial charge in [-0.1, -0.05) is 30.3 Å². The third-order valence-corrected chi connectivity index (χ3v) is 8.59. The first-order valence-electron chi connectivity index (χ1n) is 13.5. The highest BCUT2D eigenvalue weighted by Gasteiger charge is 2.44. The minimum Gasteiger partial charge on any atom is -0.481 e. The van der Waals surface area contributed by atoms with Crippen molar-refractivity contribution in [1.82, 2.24) is 14.5 Å². The Morgan fingerprint density at radius 2 is 1.85 bits per heavy atom. The van der Waals surface area contributed by atoms with Crippen LogP contribution < -0.4 is 0 Å². The molecule has 3 heterocycles. The average Bonchev–Trinajstić information content (AvgIpc) is 3.86. The van der Waals surface area contributed by atoms with E-state index in [0.717, 1.165) is 24.1 Å². The molecule has 4 aromatic rings. The number of hydrogen-bond donors (Lipinski definition) is 1. The predicted molar refractivity (Wildman–Crippen MR) is 141 cm³/mol. The highest BCUT2D eigenvalue weighted by Crippen LogP contribution is 2.48. The van der Waals surface area contributed by atoms with Crippen LogP contribution in [0.5, 0.6) is 0 Å². The first kappa shape index (κ1) is 24.0. The van der Waals surface area contributed by atoms with Crippen molar-refractivity contribution >= 4 is 17.4 Å². The van der Waals surface area contributed by atoms with E-state index in [9.17, 15) is 14.7 Å². The largest absolute Gasteiger partial charge is 0.481 e. The number of rotatable bonds is 5. The highest BCUT2D eigenvalue weighted by atomic mass is 19.1. The summed E-state index contributed by atoms with van der Waals surface area (Å²) in [7, 11) is 0. The summed E-state index contributed by atoms with van der Waals surface area (Å²) in [5.41, 5.74) is 4.34. The first-order chi connectivity index (χ1) is 18.8. The average molecular weight is 528 g/mol. The van der Waals surface area contributed by atoms with Crippen LogP contribution in [-0.2, 0) is 11.2 Å². The monoisotopic (exact) mass is 527 g/mol. The van der Waals surface area contributed by atoms with Gasteiger partial charge in [-0.25, -0.2) is 13.3 Å². The van der Waals surface area contributed by atoms with Gasteiger partial charge in [0.25, 0.3) is 5.91 Å². The van der Waals surface area contributed by atoms with Crippen LogP contribution in [0.1, 0.15) is 76.8 Å². The van der Waals surface area contributed by atoms with E-state index in [-0.39, 0.29) is 46.1 Å². The number of benzene rings is 2. The molecule has 8 heteroatoms. The van der Waals surface area contributed by atoms with Gasteiger partial charge in [0, 0.05) is 23.7 Å². The SMILES string of the molecule is C[C@@H]1c2ccccc2CCN1C(=O)c1cc(C2CC2)n2nc(-c3ccc(C4C[C@H]4C(=O)O)cc3F)cc2c1F. The lowest BCUT2D eigenvalue weighted by atomic mass is 9.93. The van der Waals surface area contributed by atoms with Crippen LogP contribution in [0.15, 0.2) is 54.6 Å². The minimum atomic E-state index is -0.874. The number of hydrogen-bond acceptors (Lipinski definition) is 3. The van der Waals surface area contributed by atoms with Gasteiger partial charge in [0.2, 0.25) is 0 Å². The Kier molecular flexibility index (Phi) is 5.37. The van der Waals surface area contributed by atoms with Crippen molar-refractivity contribution in [1.29, 1.82) is 0 Å². The van der Waals surface area contributed by atoms with Crippen molar-refractivity contribution in [3.05, 3.63) is 94.2 Å². The summed E-state index contributed by atoms with van der Waals surface area (Å²) in [4.78, 5) is 26.7. The smallest absolute Gasteiger partial charge is 0.307 e. The zero-order valence-electron chi connectivity index (χ0n) is 21.4. The molecule has 2 fully saturated rings. The second kappa shape index (κ2) is 8.73. The van der Waals surface area contributed by atoms with E-state index in [0.29, 0.717) is 24.9 Å². The summed E-state index contributed by atoms with van der Waals surface area (Å²) < 4.78 is 32.8. The Labute approximate surface area is 223 Å². The van der Waals surface area contributed by atoms with Crippen molar-refractivity contribution in [2.24, 2.45) is 5.92 Å². The molecule has 0 saturated heterocycles. The van der Waals surface area contributed by atoms with Crippen LogP contribution in [0.3, 0.4) is 0 Å². The molecule has 1 N–H and O–H groups in total. The fourth-order valence-electron chi connectivity index (χ4n) is 6.11. The van der Waals surface area contributed by atoms with Gasteiger partial charge in [-0.3, -0.25) is 9.59 Å². The van der Waals surface area contributed by atoms with Crippen LogP contribution in [0, 0.1) is 17.6 Å². The molecule has 0 bridgehead atoms. The molecule has 39 heavy (non-hydrogen) atoms. The van der Waals surface area contributed by atoms with Crippen molar-refractivity contribution < 1.29 is 23.5 Å². The molecular formula is C31H27F2N3O3. The van der Waals surface area contributed by atoms with Crippen LogP contribution in [0.2, 0.25) is 0 Å². The Balaban J connectivity index is 1.27. The maximum atomic E-state index is 16.0. The molecule has 198 valence electrons. The van der Waals surface area contributed by atoms with Gasteiger partial charge in [-0.2, -0.15) is 5.10 Å². The standard InChI is InChI=1S/C31H27F2N3O3/c1-16-20-5-3-2-4-17(20)10-11-35(16)30(37)24-14-27(18-6-7-18)36-28(29(24)33)15-26(34-36)21-9-8-19(12-25(21)32)22-13-23(22)31(38)39/h2-5,8-9,12,14-16,18,22-23H,6-7,10-11,13H2,1H3,(H,38,39)/t16-,22?,23-/m1/s1. The summed E-state index contributed by atoms with van der Waals surface area (Å²) >= 11 is 0. The van der Waals surface area contributed by atoms with Gasteiger partial charge in [0.05, 0.1) is 23.2 Å². The van der Waals surface area contributed by atoms with E-state index in [1.54, 1.807) is 23.1 Å².